The molecule has 2 heterocycles. The first-order valence-corrected chi connectivity index (χ1v) is 4.89. The maximum Gasteiger partial charge on any atom is 0.0724 e. The van der Waals surface area contributed by atoms with Crippen molar-refractivity contribution in [2.24, 2.45) is 0 Å². The van der Waals surface area contributed by atoms with Crippen LogP contribution in [0, 0.1) is 0 Å². The highest BCUT2D eigenvalue weighted by atomic mass is 35.5. The van der Waals surface area contributed by atoms with Crippen LogP contribution < -0.4 is 5.32 Å². The first-order chi connectivity index (χ1) is 5.95. The van der Waals surface area contributed by atoms with E-state index in [1.165, 1.54) is 12.8 Å². The molecular formula is C9H18ClNO2. The van der Waals surface area contributed by atoms with Crippen molar-refractivity contribution < 1.29 is 9.47 Å². The summed E-state index contributed by atoms with van der Waals surface area (Å²) < 4.78 is 11.1. The zero-order chi connectivity index (χ0) is 8.23. The van der Waals surface area contributed by atoms with Crippen molar-refractivity contribution in [3.8, 4) is 0 Å². The third-order valence-electron chi connectivity index (χ3n) is 2.55. The fraction of sp³-hybridized carbons (Fsp3) is 1.00. The Bertz CT molecular complexity index is 134. The molecule has 3 nitrogen and oxygen atoms in total. The van der Waals surface area contributed by atoms with Gasteiger partial charge in [-0.05, 0) is 12.8 Å². The number of rotatable bonds is 2. The molecule has 0 spiro atoms. The number of hydrogen-bond donors (Lipinski definition) is 1. The molecule has 2 atom stereocenters. The number of hydrogen-bond acceptors (Lipinski definition) is 3. The second kappa shape index (κ2) is 5.81. The van der Waals surface area contributed by atoms with E-state index in [2.05, 4.69) is 5.32 Å². The van der Waals surface area contributed by atoms with E-state index in [-0.39, 0.29) is 12.4 Å². The quantitative estimate of drug-likeness (QED) is 0.732. The highest BCUT2D eigenvalue weighted by molar-refractivity contribution is 5.85. The lowest BCUT2D eigenvalue weighted by Crippen LogP contribution is -2.40. The third-order valence-corrected chi connectivity index (χ3v) is 2.55. The Hall–Kier alpha value is 0.170. The van der Waals surface area contributed by atoms with Crippen LogP contribution >= 0.6 is 12.4 Å². The van der Waals surface area contributed by atoms with Crippen LogP contribution in [0.2, 0.25) is 0 Å². The van der Waals surface area contributed by atoms with Gasteiger partial charge in [-0.2, -0.15) is 0 Å². The van der Waals surface area contributed by atoms with E-state index in [0.717, 1.165) is 32.7 Å². The highest BCUT2D eigenvalue weighted by Crippen LogP contribution is 2.18. The lowest BCUT2D eigenvalue weighted by atomic mass is 10.1. The van der Waals surface area contributed by atoms with Crippen molar-refractivity contribution in [1.82, 2.24) is 5.32 Å². The molecule has 0 aromatic carbocycles. The van der Waals surface area contributed by atoms with Crippen LogP contribution in [0.3, 0.4) is 0 Å². The van der Waals surface area contributed by atoms with Crippen molar-refractivity contribution in [3.05, 3.63) is 0 Å². The third kappa shape index (κ3) is 3.43. The number of halogens is 1. The normalized spacial score (nSPS) is 34.2. The molecule has 2 aliphatic heterocycles. The summed E-state index contributed by atoms with van der Waals surface area (Å²) in [5.41, 5.74) is 0. The smallest absolute Gasteiger partial charge is 0.0724 e. The fourth-order valence-electron chi connectivity index (χ4n) is 1.89. The van der Waals surface area contributed by atoms with Crippen molar-refractivity contribution in [3.63, 3.8) is 0 Å². The number of nitrogens with one attached hydrogen (secondary N) is 1. The topological polar surface area (TPSA) is 30.5 Å². The minimum atomic E-state index is 0. The summed E-state index contributed by atoms with van der Waals surface area (Å²) in [5.74, 6) is 0. The molecule has 0 aliphatic carbocycles. The van der Waals surface area contributed by atoms with Gasteiger partial charge in [0, 0.05) is 26.1 Å². The molecule has 2 rings (SSSR count). The summed E-state index contributed by atoms with van der Waals surface area (Å²) in [4.78, 5) is 0. The molecule has 0 radical (unpaired) electrons. The van der Waals surface area contributed by atoms with Gasteiger partial charge < -0.3 is 14.8 Å². The Morgan fingerprint density at radius 3 is 2.62 bits per heavy atom. The molecule has 0 saturated carbocycles. The van der Waals surface area contributed by atoms with E-state index in [1.54, 1.807) is 0 Å². The maximum absolute atomic E-state index is 5.60. The van der Waals surface area contributed by atoms with Crippen LogP contribution in [0.4, 0.5) is 0 Å². The molecule has 0 bridgehead atoms. The first-order valence-electron chi connectivity index (χ1n) is 4.89. The minimum Gasteiger partial charge on any atom is -0.378 e. The highest BCUT2D eigenvalue weighted by Gasteiger charge is 2.22. The SMILES string of the molecule is C1COC(CC2CNCCO2)C1.Cl. The molecule has 2 fully saturated rings. The van der Waals surface area contributed by atoms with Crippen LogP contribution in [-0.4, -0.2) is 38.5 Å². The van der Waals surface area contributed by atoms with E-state index in [1.807, 2.05) is 0 Å². The molecule has 78 valence electrons. The van der Waals surface area contributed by atoms with E-state index in [4.69, 9.17) is 9.47 Å². The molecule has 2 aliphatic rings. The van der Waals surface area contributed by atoms with Crippen LogP contribution in [0.1, 0.15) is 19.3 Å². The summed E-state index contributed by atoms with van der Waals surface area (Å²) in [6, 6.07) is 0. The van der Waals surface area contributed by atoms with Crippen LogP contribution in [0.5, 0.6) is 0 Å². The maximum atomic E-state index is 5.60. The molecule has 2 saturated heterocycles. The molecule has 2 unspecified atom stereocenters. The Morgan fingerprint density at radius 2 is 2.00 bits per heavy atom. The Labute approximate surface area is 85.6 Å². The lowest BCUT2D eigenvalue weighted by molar-refractivity contribution is -0.0114. The summed E-state index contributed by atoms with van der Waals surface area (Å²) >= 11 is 0. The standard InChI is InChI=1S/C9H17NO2.ClH/c1-2-8(11-4-1)6-9-7-10-3-5-12-9;/h8-10H,1-7H2;1H. The van der Waals surface area contributed by atoms with Gasteiger partial charge in [-0.3, -0.25) is 0 Å². The summed E-state index contributed by atoms with van der Waals surface area (Å²) in [6.07, 6.45) is 4.38. The Balaban J connectivity index is 0.000000845. The predicted octanol–water partition coefficient (Wildman–Crippen LogP) is 0.966. The van der Waals surface area contributed by atoms with Gasteiger partial charge in [0.05, 0.1) is 18.8 Å². The number of morpholine rings is 1. The Morgan fingerprint density at radius 1 is 1.15 bits per heavy atom. The molecule has 13 heavy (non-hydrogen) atoms. The summed E-state index contributed by atoms with van der Waals surface area (Å²) in [5, 5.41) is 3.33. The zero-order valence-electron chi connectivity index (χ0n) is 7.83. The first kappa shape index (κ1) is 11.2. The van der Waals surface area contributed by atoms with Gasteiger partial charge in [-0.1, -0.05) is 0 Å². The second-order valence-corrected chi connectivity index (χ2v) is 3.57. The Kier molecular flexibility index (Phi) is 5.02. The predicted molar refractivity (Wildman–Crippen MR) is 53.4 cm³/mol. The van der Waals surface area contributed by atoms with E-state index >= 15 is 0 Å². The van der Waals surface area contributed by atoms with Gasteiger partial charge in [-0.25, -0.2) is 0 Å². The van der Waals surface area contributed by atoms with Gasteiger partial charge >= 0.3 is 0 Å². The largest absolute Gasteiger partial charge is 0.378 e. The van der Waals surface area contributed by atoms with Crippen molar-refractivity contribution in [2.45, 2.75) is 31.5 Å². The molecule has 0 amide bonds. The van der Waals surface area contributed by atoms with E-state index in [9.17, 15) is 0 Å². The average Bonchev–Trinajstić information content (AvgIpc) is 2.59. The average molecular weight is 208 g/mol. The molecule has 0 aromatic rings. The summed E-state index contributed by atoms with van der Waals surface area (Å²) in [7, 11) is 0. The minimum absolute atomic E-state index is 0. The molecular weight excluding hydrogens is 190 g/mol. The van der Waals surface area contributed by atoms with E-state index in [0.29, 0.717) is 12.2 Å². The van der Waals surface area contributed by atoms with Gasteiger partial charge in [0.1, 0.15) is 0 Å². The van der Waals surface area contributed by atoms with Crippen molar-refractivity contribution >= 4 is 12.4 Å². The van der Waals surface area contributed by atoms with Crippen molar-refractivity contribution in [2.75, 3.05) is 26.3 Å². The second-order valence-electron chi connectivity index (χ2n) is 3.57. The van der Waals surface area contributed by atoms with Gasteiger partial charge in [0.25, 0.3) is 0 Å². The summed E-state index contributed by atoms with van der Waals surface area (Å²) in [6.45, 7) is 3.81. The van der Waals surface area contributed by atoms with Crippen molar-refractivity contribution in [1.29, 1.82) is 0 Å². The fourth-order valence-corrected chi connectivity index (χ4v) is 1.89. The van der Waals surface area contributed by atoms with Crippen LogP contribution in [0.25, 0.3) is 0 Å². The molecule has 0 aromatic heterocycles. The van der Waals surface area contributed by atoms with Gasteiger partial charge in [-0.15, -0.1) is 12.4 Å². The lowest BCUT2D eigenvalue weighted by Gasteiger charge is -2.25. The number of ether oxygens (including phenoxy) is 2. The van der Waals surface area contributed by atoms with Gasteiger partial charge in [0.15, 0.2) is 0 Å². The molecule has 4 heteroatoms. The zero-order valence-corrected chi connectivity index (χ0v) is 8.65. The van der Waals surface area contributed by atoms with E-state index < -0.39 is 0 Å². The van der Waals surface area contributed by atoms with Crippen LogP contribution in [0.15, 0.2) is 0 Å². The van der Waals surface area contributed by atoms with Crippen LogP contribution in [-0.2, 0) is 9.47 Å². The molecule has 1 N–H and O–H groups in total. The van der Waals surface area contributed by atoms with Gasteiger partial charge in [0.2, 0.25) is 0 Å². The monoisotopic (exact) mass is 207 g/mol.